The number of amides is 1. The molecule has 1 fully saturated rings. The van der Waals surface area contributed by atoms with Gasteiger partial charge in [0, 0.05) is 26.2 Å². The molecule has 1 saturated heterocycles. The minimum atomic E-state index is 0.196. The van der Waals surface area contributed by atoms with E-state index >= 15 is 0 Å². The second kappa shape index (κ2) is 6.53. The Hall–Kier alpha value is -1.86. The van der Waals surface area contributed by atoms with E-state index in [4.69, 9.17) is 5.26 Å². The summed E-state index contributed by atoms with van der Waals surface area (Å²) >= 11 is 0. The standard InChI is InChI=1S/C16H21N3O/c1-13(2)10-18-7-8-19(16(20)12-18)11-15-5-3-14(9-17)4-6-15/h3-6,13H,7-8,10-12H2,1-2H3. The minimum absolute atomic E-state index is 0.196. The molecular weight excluding hydrogens is 250 g/mol. The molecule has 0 radical (unpaired) electrons. The Morgan fingerprint density at radius 1 is 1.25 bits per heavy atom. The van der Waals surface area contributed by atoms with Gasteiger partial charge in [-0.1, -0.05) is 26.0 Å². The van der Waals surface area contributed by atoms with E-state index in [2.05, 4.69) is 24.8 Å². The largest absolute Gasteiger partial charge is 0.336 e. The number of carbonyl (C=O) groups is 1. The van der Waals surface area contributed by atoms with Crippen molar-refractivity contribution in [2.45, 2.75) is 20.4 Å². The van der Waals surface area contributed by atoms with Crippen molar-refractivity contribution in [3.05, 3.63) is 35.4 Å². The molecule has 0 atom stereocenters. The zero-order chi connectivity index (χ0) is 14.5. The molecule has 0 aromatic heterocycles. The molecule has 0 spiro atoms. The van der Waals surface area contributed by atoms with Crippen molar-refractivity contribution in [3.63, 3.8) is 0 Å². The summed E-state index contributed by atoms with van der Waals surface area (Å²) in [4.78, 5) is 16.3. The van der Waals surface area contributed by atoms with Crippen LogP contribution >= 0.6 is 0 Å². The second-order valence-electron chi connectivity index (χ2n) is 5.75. The molecule has 4 nitrogen and oxygen atoms in total. The van der Waals surface area contributed by atoms with Gasteiger partial charge in [0.25, 0.3) is 0 Å². The molecule has 106 valence electrons. The van der Waals surface area contributed by atoms with Crippen molar-refractivity contribution in [3.8, 4) is 6.07 Å². The maximum absolute atomic E-state index is 12.1. The summed E-state index contributed by atoms with van der Waals surface area (Å²) in [6.07, 6.45) is 0. The van der Waals surface area contributed by atoms with Crippen LogP contribution in [0.3, 0.4) is 0 Å². The van der Waals surface area contributed by atoms with Gasteiger partial charge in [-0.2, -0.15) is 5.26 Å². The predicted octanol–water partition coefficient (Wildman–Crippen LogP) is 1.86. The van der Waals surface area contributed by atoms with Crippen molar-refractivity contribution in [2.24, 2.45) is 5.92 Å². The first-order valence-corrected chi connectivity index (χ1v) is 7.07. The van der Waals surface area contributed by atoms with E-state index in [9.17, 15) is 4.79 Å². The van der Waals surface area contributed by atoms with Crippen LogP contribution in [0.15, 0.2) is 24.3 Å². The number of benzene rings is 1. The van der Waals surface area contributed by atoms with Crippen LogP contribution in [0.1, 0.15) is 25.0 Å². The van der Waals surface area contributed by atoms with Crippen molar-refractivity contribution in [2.75, 3.05) is 26.2 Å². The van der Waals surface area contributed by atoms with Gasteiger partial charge in [-0.3, -0.25) is 9.69 Å². The maximum Gasteiger partial charge on any atom is 0.237 e. The molecule has 2 rings (SSSR count). The van der Waals surface area contributed by atoms with Crippen molar-refractivity contribution in [1.29, 1.82) is 5.26 Å². The fourth-order valence-corrected chi connectivity index (χ4v) is 2.50. The zero-order valence-corrected chi connectivity index (χ0v) is 12.2. The van der Waals surface area contributed by atoms with Gasteiger partial charge >= 0.3 is 0 Å². The molecular formula is C16H21N3O. The monoisotopic (exact) mass is 271 g/mol. The molecule has 1 heterocycles. The maximum atomic E-state index is 12.1. The van der Waals surface area contributed by atoms with Gasteiger partial charge in [0.05, 0.1) is 18.2 Å². The van der Waals surface area contributed by atoms with E-state index in [0.717, 1.165) is 25.2 Å². The lowest BCUT2D eigenvalue weighted by Gasteiger charge is -2.35. The van der Waals surface area contributed by atoms with Crippen LogP contribution in [0.5, 0.6) is 0 Å². The van der Waals surface area contributed by atoms with Crippen LogP contribution in [0.25, 0.3) is 0 Å². The average Bonchev–Trinajstić information content (AvgIpc) is 2.42. The van der Waals surface area contributed by atoms with Gasteiger partial charge in [0.1, 0.15) is 0 Å². The Balaban J connectivity index is 1.91. The molecule has 0 N–H and O–H groups in total. The molecule has 4 heteroatoms. The Morgan fingerprint density at radius 3 is 2.50 bits per heavy atom. The van der Waals surface area contributed by atoms with E-state index in [0.29, 0.717) is 24.6 Å². The smallest absolute Gasteiger partial charge is 0.237 e. The predicted molar refractivity (Wildman–Crippen MR) is 77.9 cm³/mol. The van der Waals surface area contributed by atoms with E-state index < -0.39 is 0 Å². The number of nitrogens with zero attached hydrogens (tertiary/aromatic N) is 3. The number of hydrogen-bond donors (Lipinski definition) is 0. The summed E-state index contributed by atoms with van der Waals surface area (Å²) in [5.74, 6) is 0.786. The lowest BCUT2D eigenvalue weighted by Crippen LogP contribution is -2.50. The van der Waals surface area contributed by atoms with Crippen LogP contribution in [0.4, 0.5) is 0 Å². The van der Waals surface area contributed by atoms with E-state index in [-0.39, 0.29) is 5.91 Å². The van der Waals surface area contributed by atoms with Crippen molar-refractivity contribution < 1.29 is 4.79 Å². The molecule has 20 heavy (non-hydrogen) atoms. The van der Waals surface area contributed by atoms with Crippen LogP contribution in [-0.4, -0.2) is 41.9 Å². The lowest BCUT2D eigenvalue weighted by atomic mass is 10.1. The zero-order valence-electron chi connectivity index (χ0n) is 12.2. The third-order valence-corrected chi connectivity index (χ3v) is 3.48. The van der Waals surface area contributed by atoms with Crippen LogP contribution in [0.2, 0.25) is 0 Å². The number of rotatable bonds is 4. The average molecular weight is 271 g/mol. The normalized spacial score (nSPS) is 16.5. The Labute approximate surface area is 120 Å². The topological polar surface area (TPSA) is 47.3 Å². The number of nitriles is 1. The molecule has 0 saturated carbocycles. The van der Waals surface area contributed by atoms with Gasteiger partial charge < -0.3 is 4.90 Å². The summed E-state index contributed by atoms with van der Waals surface area (Å²) in [5.41, 5.74) is 1.73. The molecule has 1 aromatic carbocycles. The third-order valence-electron chi connectivity index (χ3n) is 3.48. The Kier molecular flexibility index (Phi) is 4.75. The van der Waals surface area contributed by atoms with Crippen LogP contribution < -0.4 is 0 Å². The SMILES string of the molecule is CC(C)CN1CCN(Cc2ccc(C#N)cc2)C(=O)C1. The quantitative estimate of drug-likeness (QED) is 0.839. The van der Waals surface area contributed by atoms with Gasteiger partial charge in [-0.25, -0.2) is 0 Å². The number of piperazine rings is 1. The Bertz CT molecular complexity index is 501. The fourth-order valence-electron chi connectivity index (χ4n) is 2.50. The van der Waals surface area contributed by atoms with E-state index in [1.54, 1.807) is 12.1 Å². The summed E-state index contributed by atoms with van der Waals surface area (Å²) < 4.78 is 0. The van der Waals surface area contributed by atoms with Gasteiger partial charge in [-0.15, -0.1) is 0 Å². The number of hydrogen-bond acceptors (Lipinski definition) is 3. The molecule has 0 unspecified atom stereocenters. The highest BCUT2D eigenvalue weighted by Crippen LogP contribution is 2.11. The molecule has 1 aromatic rings. The van der Waals surface area contributed by atoms with Crippen molar-refractivity contribution in [1.82, 2.24) is 9.80 Å². The first-order valence-electron chi connectivity index (χ1n) is 7.07. The molecule has 1 amide bonds. The first-order chi connectivity index (χ1) is 9.58. The first kappa shape index (κ1) is 14.5. The highest BCUT2D eigenvalue weighted by molar-refractivity contribution is 5.79. The fraction of sp³-hybridized carbons (Fsp3) is 0.500. The summed E-state index contributed by atoms with van der Waals surface area (Å²) in [6, 6.07) is 9.55. The van der Waals surface area contributed by atoms with Crippen LogP contribution in [-0.2, 0) is 11.3 Å². The van der Waals surface area contributed by atoms with Crippen LogP contribution in [0, 0.1) is 17.2 Å². The molecule has 0 aliphatic carbocycles. The van der Waals surface area contributed by atoms with Gasteiger partial charge in [0.15, 0.2) is 0 Å². The highest BCUT2D eigenvalue weighted by Gasteiger charge is 2.23. The Morgan fingerprint density at radius 2 is 1.95 bits per heavy atom. The molecule has 0 bridgehead atoms. The molecule has 1 aliphatic heterocycles. The minimum Gasteiger partial charge on any atom is -0.336 e. The lowest BCUT2D eigenvalue weighted by molar-refractivity contribution is -0.136. The summed E-state index contributed by atoms with van der Waals surface area (Å²) in [6.45, 7) is 8.22. The van der Waals surface area contributed by atoms with Crippen molar-refractivity contribution >= 4 is 5.91 Å². The summed E-state index contributed by atoms with van der Waals surface area (Å²) in [7, 11) is 0. The van der Waals surface area contributed by atoms with E-state index in [1.807, 2.05) is 17.0 Å². The third kappa shape index (κ3) is 3.82. The van der Waals surface area contributed by atoms with Gasteiger partial charge in [0.2, 0.25) is 5.91 Å². The second-order valence-corrected chi connectivity index (χ2v) is 5.75. The van der Waals surface area contributed by atoms with Gasteiger partial charge in [-0.05, 0) is 23.6 Å². The van der Waals surface area contributed by atoms with E-state index in [1.165, 1.54) is 0 Å². The highest BCUT2D eigenvalue weighted by atomic mass is 16.2. The summed E-state index contributed by atoms with van der Waals surface area (Å²) in [5, 5.41) is 8.77. The molecule has 1 aliphatic rings. The number of carbonyl (C=O) groups excluding carboxylic acids is 1.